The number of piperidine rings is 1. The summed E-state index contributed by atoms with van der Waals surface area (Å²) < 4.78 is 14.0. The van der Waals surface area contributed by atoms with E-state index in [1.165, 1.54) is 5.57 Å². The number of nitrogens with one attached hydrogen (secondary N) is 1. The van der Waals surface area contributed by atoms with Crippen molar-refractivity contribution < 1.29 is 4.39 Å². The van der Waals surface area contributed by atoms with Gasteiger partial charge in [-0.1, -0.05) is 11.6 Å². The molecule has 1 aromatic rings. The van der Waals surface area contributed by atoms with Gasteiger partial charge in [-0.05, 0) is 67.2 Å². The van der Waals surface area contributed by atoms with Crippen LogP contribution in [0.25, 0.3) is 0 Å². The Morgan fingerprint density at radius 2 is 2.05 bits per heavy atom. The molecule has 1 saturated heterocycles. The predicted octanol–water partition coefficient (Wildman–Crippen LogP) is 4.74. The van der Waals surface area contributed by atoms with E-state index < -0.39 is 0 Å². The van der Waals surface area contributed by atoms with Gasteiger partial charge in [0.25, 0.3) is 0 Å². The molecular weight excluding hydrogens is 331 g/mol. The Morgan fingerprint density at radius 1 is 1.38 bits per heavy atom. The van der Waals surface area contributed by atoms with Crippen LogP contribution >= 0.6 is 15.9 Å². The van der Waals surface area contributed by atoms with Crippen LogP contribution in [0, 0.1) is 12.7 Å². The van der Waals surface area contributed by atoms with Crippen molar-refractivity contribution in [3.8, 4) is 0 Å². The van der Waals surface area contributed by atoms with Gasteiger partial charge in [-0.25, -0.2) is 4.39 Å². The molecule has 0 radical (unpaired) electrons. The highest BCUT2D eigenvalue weighted by molar-refractivity contribution is 9.10. The van der Waals surface area contributed by atoms with Crippen LogP contribution in [-0.2, 0) is 0 Å². The van der Waals surface area contributed by atoms with Crippen LogP contribution in [0.2, 0.25) is 0 Å². The number of rotatable bonds is 4. The van der Waals surface area contributed by atoms with Crippen LogP contribution in [0.3, 0.4) is 0 Å². The lowest BCUT2D eigenvalue weighted by Gasteiger charge is -2.32. The maximum atomic E-state index is 13.5. The van der Waals surface area contributed by atoms with E-state index in [0.29, 0.717) is 10.5 Å². The number of hydrogen-bond acceptors (Lipinski definition) is 2. The van der Waals surface area contributed by atoms with Crippen molar-refractivity contribution in [1.29, 1.82) is 0 Å². The van der Waals surface area contributed by atoms with Gasteiger partial charge in [0.15, 0.2) is 0 Å². The largest absolute Gasteiger partial charge is 0.382 e. The van der Waals surface area contributed by atoms with Gasteiger partial charge in [0.2, 0.25) is 0 Å². The monoisotopic (exact) mass is 354 g/mol. The predicted molar refractivity (Wildman–Crippen MR) is 91.4 cm³/mol. The van der Waals surface area contributed by atoms with Crippen LogP contribution in [-0.4, -0.2) is 30.6 Å². The smallest absolute Gasteiger partial charge is 0.137 e. The van der Waals surface area contributed by atoms with Crippen LogP contribution < -0.4 is 5.32 Å². The number of likely N-dealkylation sites (tertiary alicyclic amines) is 1. The van der Waals surface area contributed by atoms with Crippen molar-refractivity contribution >= 4 is 21.6 Å². The van der Waals surface area contributed by atoms with Crippen LogP contribution in [0.5, 0.6) is 0 Å². The fourth-order valence-corrected chi connectivity index (χ4v) is 2.94. The van der Waals surface area contributed by atoms with E-state index >= 15 is 0 Å². The second-order valence-electron chi connectivity index (χ2n) is 6.08. The molecule has 0 unspecified atom stereocenters. The van der Waals surface area contributed by atoms with E-state index in [2.05, 4.69) is 46.1 Å². The number of allylic oxidation sites excluding steroid dienone is 1. The zero-order chi connectivity index (χ0) is 15.4. The standard InChI is InChI=1S/C17H24BrFN2/c1-12(2)4-7-21-8-5-14(6-9-21)20-17-11-15(18)16(19)10-13(17)3/h4,10-11,14,20H,5-9H2,1-3H3. The lowest BCUT2D eigenvalue weighted by Crippen LogP contribution is -2.39. The molecular formula is C17H24BrFN2. The Hall–Kier alpha value is -0.870. The third-order valence-corrected chi connectivity index (χ3v) is 4.58. The topological polar surface area (TPSA) is 15.3 Å². The van der Waals surface area contributed by atoms with Gasteiger partial charge in [-0.2, -0.15) is 0 Å². The maximum absolute atomic E-state index is 13.5. The Balaban J connectivity index is 1.89. The third-order valence-electron chi connectivity index (χ3n) is 3.97. The fourth-order valence-electron chi connectivity index (χ4n) is 2.59. The maximum Gasteiger partial charge on any atom is 0.137 e. The molecule has 2 rings (SSSR count). The fraction of sp³-hybridized carbons (Fsp3) is 0.529. The number of nitrogens with zero attached hydrogens (tertiary/aromatic N) is 1. The molecule has 2 nitrogen and oxygen atoms in total. The van der Waals surface area contributed by atoms with Crippen LogP contribution in [0.15, 0.2) is 28.3 Å². The molecule has 0 spiro atoms. The van der Waals surface area contributed by atoms with Crippen molar-refractivity contribution in [2.24, 2.45) is 0 Å². The van der Waals surface area contributed by atoms with Crippen molar-refractivity contribution in [2.75, 3.05) is 25.0 Å². The summed E-state index contributed by atoms with van der Waals surface area (Å²) in [5, 5.41) is 3.56. The molecule has 0 bridgehead atoms. The molecule has 4 heteroatoms. The summed E-state index contributed by atoms with van der Waals surface area (Å²) in [6.07, 6.45) is 4.55. The van der Waals surface area contributed by atoms with Gasteiger partial charge in [-0.15, -0.1) is 0 Å². The van der Waals surface area contributed by atoms with Crippen molar-refractivity contribution in [3.63, 3.8) is 0 Å². The highest BCUT2D eigenvalue weighted by atomic mass is 79.9. The molecule has 0 atom stereocenters. The lowest BCUT2D eigenvalue weighted by molar-refractivity contribution is 0.240. The Morgan fingerprint density at radius 3 is 2.67 bits per heavy atom. The van der Waals surface area contributed by atoms with Crippen molar-refractivity contribution in [3.05, 3.63) is 39.6 Å². The van der Waals surface area contributed by atoms with E-state index in [1.807, 2.05) is 13.0 Å². The van der Waals surface area contributed by atoms with Gasteiger partial charge >= 0.3 is 0 Å². The van der Waals surface area contributed by atoms with E-state index in [-0.39, 0.29) is 5.82 Å². The first-order valence-corrected chi connectivity index (χ1v) is 8.33. The summed E-state index contributed by atoms with van der Waals surface area (Å²) in [7, 11) is 0. The molecule has 1 heterocycles. The molecule has 1 aliphatic heterocycles. The SMILES string of the molecule is CC(C)=CCN1CCC(Nc2cc(Br)c(F)cc2C)CC1. The van der Waals surface area contributed by atoms with E-state index in [9.17, 15) is 4.39 Å². The zero-order valence-corrected chi connectivity index (χ0v) is 14.6. The van der Waals surface area contributed by atoms with Gasteiger partial charge < -0.3 is 5.32 Å². The quantitative estimate of drug-likeness (QED) is 0.785. The molecule has 0 amide bonds. The number of benzene rings is 1. The number of aryl methyl sites for hydroxylation is 1. The molecule has 21 heavy (non-hydrogen) atoms. The van der Waals surface area contributed by atoms with Gasteiger partial charge in [0.05, 0.1) is 4.47 Å². The molecule has 0 aliphatic carbocycles. The highest BCUT2D eigenvalue weighted by Crippen LogP contribution is 2.26. The van der Waals surface area contributed by atoms with Crippen LogP contribution in [0.4, 0.5) is 10.1 Å². The Bertz CT molecular complexity index is 516. The van der Waals surface area contributed by atoms with E-state index in [4.69, 9.17) is 0 Å². The first-order chi connectivity index (χ1) is 9.95. The summed E-state index contributed by atoms with van der Waals surface area (Å²) in [5.74, 6) is -0.199. The molecule has 1 aromatic carbocycles. The average molecular weight is 355 g/mol. The third kappa shape index (κ3) is 4.82. The Labute approximate surface area is 135 Å². The van der Waals surface area contributed by atoms with Gasteiger partial charge in [-0.3, -0.25) is 4.90 Å². The van der Waals surface area contributed by atoms with E-state index in [1.54, 1.807) is 6.07 Å². The first kappa shape index (κ1) is 16.5. The highest BCUT2D eigenvalue weighted by Gasteiger charge is 2.19. The van der Waals surface area contributed by atoms with Crippen molar-refractivity contribution in [1.82, 2.24) is 4.90 Å². The molecule has 0 saturated carbocycles. The number of halogens is 2. The molecule has 0 aromatic heterocycles. The van der Waals surface area contributed by atoms with Gasteiger partial charge in [0.1, 0.15) is 5.82 Å². The zero-order valence-electron chi connectivity index (χ0n) is 13.0. The average Bonchev–Trinajstić information content (AvgIpc) is 2.44. The normalized spacial score (nSPS) is 16.8. The minimum Gasteiger partial charge on any atom is -0.382 e. The van der Waals surface area contributed by atoms with Crippen LogP contribution in [0.1, 0.15) is 32.3 Å². The minimum atomic E-state index is -0.199. The summed E-state index contributed by atoms with van der Waals surface area (Å²) in [6.45, 7) is 9.51. The second-order valence-corrected chi connectivity index (χ2v) is 6.94. The summed E-state index contributed by atoms with van der Waals surface area (Å²) >= 11 is 3.26. The number of hydrogen-bond donors (Lipinski definition) is 1. The Kier molecular flexibility index (Phi) is 5.82. The minimum absolute atomic E-state index is 0.199. The lowest BCUT2D eigenvalue weighted by atomic mass is 10.0. The van der Waals surface area contributed by atoms with Gasteiger partial charge in [0, 0.05) is 31.4 Å². The number of anilines is 1. The molecule has 116 valence electrons. The first-order valence-electron chi connectivity index (χ1n) is 7.53. The molecule has 1 N–H and O–H groups in total. The van der Waals surface area contributed by atoms with E-state index in [0.717, 1.165) is 43.7 Å². The molecule has 1 aliphatic rings. The summed E-state index contributed by atoms with van der Waals surface area (Å²) in [4.78, 5) is 2.48. The second kappa shape index (κ2) is 7.41. The van der Waals surface area contributed by atoms with Crippen molar-refractivity contribution in [2.45, 2.75) is 39.7 Å². The molecule has 1 fully saturated rings. The summed E-state index contributed by atoms with van der Waals surface area (Å²) in [6, 6.07) is 3.90. The summed E-state index contributed by atoms with van der Waals surface area (Å²) in [5.41, 5.74) is 3.37.